The second kappa shape index (κ2) is 5.56. The molecule has 0 amide bonds. The van der Waals surface area contributed by atoms with Gasteiger partial charge >= 0.3 is 22.4 Å². The van der Waals surface area contributed by atoms with Crippen LogP contribution in [0.15, 0.2) is 0 Å². The molecule has 0 aliphatic carbocycles. The average Bonchev–Trinajstić information content (AvgIpc) is 1.38. The van der Waals surface area contributed by atoms with Crippen LogP contribution in [0.2, 0.25) is 0 Å². The van der Waals surface area contributed by atoms with E-state index in [2.05, 4.69) is 12.6 Å². The largest absolute Gasteiger partial charge is 1.00 e. The molecule has 2 nitrogen and oxygen atoms in total. The van der Waals surface area contributed by atoms with Gasteiger partial charge in [0.2, 0.25) is 0 Å². The molecule has 6 heavy (non-hydrogen) atoms. The summed E-state index contributed by atoms with van der Waals surface area (Å²) in [6.07, 6.45) is 0. The second-order valence-corrected chi connectivity index (χ2v) is 0.827. The van der Waals surface area contributed by atoms with E-state index in [1.807, 2.05) is 0 Å². The van der Waals surface area contributed by atoms with Crippen molar-refractivity contribution in [2.75, 3.05) is 5.75 Å². The Balaban J connectivity index is 0. The standard InChI is InChI=1S/C2H4O2S.Au/c3-2(4)1-5;/h5H,1H2,(H,3,4);/q;+1/p-1. The molecule has 0 rings (SSSR count). The summed E-state index contributed by atoms with van der Waals surface area (Å²) in [7, 11) is 0. The average molecular weight is 288 g/mol. The molecule has 40 valence electrons. The van der Waals surface area contributed by atoms with Gasteiger partial charge in [0.1, 0.15) is 0 Å². The van der Waals surface area contributed by atoms with Gasteiger partial charge in [0, 0.05) is 0 Å². The SMILES string of the molecule is O=C(O)C[S-].[Au+]. The maximum absolute atomic E-state index is 9.26. The fraction of sp³-hybridized carbons (Fsp3) is 0.500. The van der Waals surface area contributed by atoms with Crippen LogP contribution >= 0.6 is 0 Å². The minimum atomic E-state index is -0.931. The first-order valence-corrected chi connectivity index (χ1v) is 1.65. The number of carboxylic acid groups (broad SMARTS) is 1. The van der Waals surface area contributed by atoms with Crippen molar-refractivity contribution in [3.05, 3.63) is 0 Å². The van der Waals surface area contributed by atoms with Crippen molar-refractivity contribution in [2.45, 2.75) is 0 Å². The zero-order valence-electron chi connectivity index (χ0n) is 2.77. The van der Waals surface area contributed by atoms with Crippen LogP contribution in [-0.4, -0.2) is 16.8 Å². The van der Waals surface area contributed by atoms with Gasteiger partial charge in [0.15, 0.2) is 0 Å². The number of hydrogen-bond donors (Lipinski definition) is 1. The van der Waals surface area contributed by atoms with Crippen molar-refractivity contribution in [1.29, 1.82) is 0 Å². The second-order valence-electron chi connectivity index (χ2n) is 0.538. The summed E-state index contributed by atoms with van der Waals surface area (Å²) in [6.45, 7) is 0. The molecule has 1 N–H and O–H groups in total. The van der Waals surface area contributed by atoms with Crippen LogP contribution in [0.3, 0.4) is 0 Å². The van der Waals surface area contributed by atoms with E-state index in [-0.39, 0.29) is 28.1 Å². The van der Waals surface area contributed by atoms with Gasteiger partial charge in [-0.1, -0.05) is 5.75 Å². The van der Waals surface area contributed by atoms with Crippen LogP contribution in [0.5, 0.6) is 0 Å². The van der Waals surface area contributed by atoms with E-state index in [9.17, 15) is 4.79 Å². The summed E-state index contributed by atoms with van der Waals surface area (Å²) in [5.41, 5.74) is 0. The quantitative estimate of drug-likeness (QED) is 0.528. The summed E-state index contributed by atoms with van der Waals surface area (Å²) in [5.74, 6) is -1.13. The van der Waals surface area contributed by atoms with E-state index in [1.54, 1.807) is 0 Å². The Morgan fingerprint density at radius 3 is 2.00 bits per heavy atom. The molecule has 0 heterocycles. The van der Waals surface area contributed by atoms with E-state index >= 15 is 0 Å². The molecule has 0 atom stereocenters. The van der Waals surface area contributed by atoms with Crippen LogP contribution in [0.1, 0.15) is 0 Å². The zero-order valence-corrected chi connectivity index (χ0v) is 5.76. The Kier molecular flexibility index (Phi) is 9.04. The molecule has 0 spiro atoms. The number of carbonyl (C=O) groups is 1. The van der Waals surface area contributed by atoms with Gasteiger partial charge in [-0.3, -0.25) is 4.79 Å². The summed E-state index contributed by atoms with van der Waals surface area (Å²) in [5, 5.41) is 7.62. The minimum absolute atomic E-state index is 0. The molecule has 0 aliphatic heterocycles. The number of hydrogen-bond acceptors (Lipinski definition) is 2. The topological polar surface area (TPSA) is 37.3 Å². The molecule has 4 heteroatoms. The first kappa shape index (κ1) is 9.75. The summed E-state index contributed by atoms with van der Waals surface area (Å²) < 4.78 is 0. The Morgan fingerprint density at radius 2 is 2.00 bits per heavy atom. The molecule has 0 saturated heterocycles. The summed E-state index contributed by atoms with van der Waals surface area (Å²) >= 11 is 4.08. The zero-order chi connectivity index (χ0) is 4.28. The van der Waals surface area contributed by atoms with Crippen LogP contribution in [0.25, 0.3) is 0 Å². The molecular formula is C2H3AuO2S. The van der Waals surface area contributed by atoms with Gasteiger partial charge in [-0.15, -0.1) is 0 Å². The fourth-order valence-electron chi connectivity index (χ4n) is 0. The Morgan fingerprint density at radius 1 is 1.83 bits per heavy atom. The van der Waals surface area contributed by atoms with Crippen molar-refractivity contribution < 1.29 is 32.3 Å². The number of rotatable bonds is 1. The fourth-order valence-corrected chi connectivity index (χ4v) is 0. The maximum Gasteiger partial charge on any atom is 1.00 e. The predicted octanol–water partition coefficient (Wildman–Crippen LogP) is -0.385. The summed E-state index contributed by atoms with van der Waals surface area (Å²) in [6, 6.07) is 0. The van der Waals surface area contributed by atoms with E-state index in [0.717, 1.165) is 0 Å². The summed E-state index contributed by atoms with van der Waals surface area (Å²) in [4.78, 5) is 9.26. The van der Waals surface area contributed by atoms with Gasteiger partial charge in [-0.2, -0.15) is 0 Å². The van der Waals surface area contributed by atoms with Gasteiger partial charge in [0.05, 0.1) is 0 Å². The van der Waals surface area contributed by atoms with E-state index in [4.69, 9.17) is 5.11 Å². The van der Waals surface area contributed by atoms with Crippen molar-refractivity contribution in [1.82, 2.24) is 0 Å². The Bertz CT molecular complexity index is 46.8. The monoisotopic (exact) mass is 288 g/mol. The maximum atomic E-state index is 9.26. The van der Waals surface area contributed by atoms with E-state index in [1.165, 1.54) is 0 Å². The third-order valence-corrected chi connectivity index (χ3v) is 0.370. The van der Waals surface area contributed by atoms with Gasteiger partial charge in [-0.05, 0) is 0 Å². The first-order valence-electron chi connectivity index (χ1n) is 1.07. The Labute approximate surface area is 56.8 Å². The predicted molar refractivity (Wildman–Crippen MR) is 19.9 cm³/mol. The first-order chi connectivity index (χ1) is 2.27. The smallest absolute Gasteiger partial charge is 0.782 e. The van der Waals surface area contributed by atoms with Crippen LogP contribution < -0.4 is 0 Å². The van der Waals surface area contributed by atoms with Crippen LogP contribution in [-0.2, 0) is 39.8 Å². The third-order valence-electron chi connectivity index (χ3n) is 0.123. The molecule has 0 aromatic heterocycles. The third kappa shape index (κ3) is 8.82. The van der Waals surface area contributed by atoms with Gasteiger partial charge in [0.25, 0.3) is 5.97 Å². The van der Waals surface area contributed by atoms with Crippen molar-refractivity contribution in [3.63, 3.8) is 0 Å². The molecule has 0 aliphatic rings. The number of aliphatic carboxylic acids is 1. The molecule has 0 bridgehead atoms. The molecule has 0 aromatic carbocycles. The molecule has 0 fully saturated rings. The van der Waals surface area contributed by atoms with Crippen LogP contribution in [0.4, 0.5) is 0 Å². The van der Waals surface area contributed by atoms with Crippen molar-refractivity contribution in [3.8, 4) is 0 Å². The number of carboxylic acids is 1. The van der Waals surface area contributed by atoms with Crippen molar-refractivity contribution in [2.24, 2.45) is 0 Å². The molecule has 0 saturated carbocycles. The van der Waals surface area contributed by atoms with Crippen molar-refractivity contribution >= 4 is 18.6 Å². The molecule has 0 radical (unpaired) electrons. The van der Waals surface area contributed by atoms with Gasteiger partial charge < -0.3 is 17.7 Å². The molecule has 0 aromatic rings. The van der Waals surface area contributed by atoms with E-state index < -0.39 is 5.97 Å². The van der Waals surface area contributed by atoms with Crippen LogP contribution in [0, 0.1) is 0 Å². The molecule has 0 unspecified atom stereocenters. The van der Waals surface area contributed by atoms with E-state index in [0.29, 0.717) is 0 Å². The Hall–Kier alpha value is 0.560. The minimum Gasteiger partial charge on any atom is -0.782 e. The normalized spacial score (nSPS) is 6.17. The van der Waals surface area contributed by atoms with Gasteiger partial charge in [-0.25, -0.2) is 0 Å². The molecular weight excluding hydrogens is 285 g/mol.